The molecule has 0 spiro atoms. The zero-order valence-corrected chi connectivity index (χ0v) is 12.3. The van der Waals surface area contributed by atoms with E-state index in [1.807, 2.05) is 20.8 Å². The van der Waals surface area contributed by atoms with E-state index in [2.05, 4.69) is 10.3 Å². The Bertz CT molecular complexity index is 473. The van der Waals surface area contributed by atoms with Gasteiger partial charge in [-0.15, -0.1) is 0 Å². The van der Waals surface area contributed by atoms with E-state index in [1.165, 1.54) is 6.07 Å². The highest BCUT2D eigenvalue weighted by atomic mass is 19.1. The quantitative estimate of drug-likeness (QED) is 0.841. The van der Waals surface area contributed by atoms with E-state index in [-0.39, 0.29) is 11.2 Å². The van der Waals surface area contributed by atoms with Crippen LogP contribution in [-0.4, -0.2) is 16.7 Å². The van der Waals surface area contributed by atoms with Gasteiger partial charge in [0.25, 0.3) is 0 Å². The number of amides is 1. The number of hydrogen-bond donors (Lipinski definition) is 1. The first-order chi connectivity index (χ1) is 8.49. The monoisotopic (exact) mass is 268 g/mol. The van der Waals surface area contributed by atoms with E-state index in [9.17, 15) is 9.18 Å². The van der Waals surface area contributed by atoms with Gasteiger partial charge in [-0.3, -0.25) is 5.32 Å². The summed E-state index contributed by atoms with van der Waals surface area (Å²) in [4.78, 5) is 15.4. The summed E-state index contributed by atoms with van der Waals surface area (Å²) in [7, 11) is 0. The summed E-state index contributed by atoms with van der Waals surface area (Å²) >= 11 is 0. The molecule has 106 valence electrons. The van der Waals surface area contributed by atoms with Crippen molar-refractivity contribution in [3.8, 4) is 0 Å². The molecule has 4 nitrogen and oxygen atoms in total. The topological polar surface area (TPSA) is 51.2 Å². The molecule has 1 aromatic rings. The molecule has 1 N–H and O–H groups in total. The number of nitrogens with zero attached hydrogens (tertiary/aromatic N) is 1. The summed E-state index contributed by atoms with van der Waals surface area (Å²) < 4.78 is 18.9. The number of nitrogens with one attached hydrogen (secondary N) is 1. The van der Waals surface area contributed by atoms with E-state index in [0.717, 1.165) is 5.56 Å². The van der Waals surface area contributed by atoms with Crippen LogP contribution in [0.2, 0.25) is 0 Å². The van der Waals surface area contributed by atoms with Crippen molar-refractivity contribution >= 4 is 11.9 Å². The Balaban J connectivity index is 2.84. The van der Waals surface area contributed by atoms with Crippen molar-refractivity contribution in [3.05, 3.63) is 23.6 Å². The Morgan fingerprint density at radius 2 is 1.84 bits per heavy atom. The van der Waals surface area contributed by atoms with E-state index < -0.39 is 17.5 Å². The Labute approximate surface area is 113 Å². The molecule has 0 aliphatic heterocycles. The van der Waals surface area contributed by atoms with Crippen molar-refractivity contribution < 1.29 is 13.9 Å². The van der Waals surface area contributed by atoms with Gasteiger partial charge in [0.2, 0.25) is 0 Å². The normalized spacial score (nSPS) is 12.2. The molecule has 0 aliphatic carbocycles. The maximum Gasteiger partial charge on any atom is 0.413 e. The third-order valence-electron chi connectivity index (χ3n) is 2.33. The van der Waals surface area contributed by atoms with Crippen molar-refractivity contribution in [2.24, 2.45) is 0 Å². The summed E-state index contributed by atoms with van der Waals surface area (Å²) in [6.45, 7) is 11.1. The molecule has 0 saturated carbocycles. The highest BCUT2D eigenvalue weighted by molar-refractivity contribution is 5.83. The standard InChI is InChI=1S/C14H21FN2O2/c1-13(2,3)9-7-10(15)11(16-8-9)17-12(18)19-14(4,5)6/h7-8H,1-6H3,(H,16,17,18). The average Bonchev–Trinajstić information content (AvgIpc) is 2.16. The fraction of sp³-hybridized carbons (Fsp3) is 0.571. The number of rotatable bonds is 1. The maximum atomic E-state index is 13.8. The Hall–Kier alpha value is -1.65. The third-order valence-corrected chi connectivity index (χ3v) is 2.33. The predicted molar refractivity (Wildman–Crippen MR) is 72.8 cm³/mol. The molecule has 0 fully saturated rings. The van der Waals surface area contributed by atoms with Crippen LogP contribution in [0.1, 0.15) is 47.1 Å². The molecule has 19 heavy (non-hydrogen) atoms. The van der Waals surface area contributed by atoms with Crippen molar-refractivity contribution in [3.63, 3.8) is 0 Å². The lowest BCUT2D eigenvalue weighted by atomic mass is 9.88. The van der Waals surface area contributed by atoms with Crippen LogP contribution in [-0.2, 0) is 10.2 Å². The first-order valence-electron chi connectivity index (χ1n) is 6.15. The molecule has 0 aromatic carbocycles. The summed E-state index contributed by atoms with van der Waals surface area (Å²) in [5, 5.41) is 2.30. The van der Waals surface area contributed by atoms with Crippen LogP contribution in [0.3, 0.4) is 0 Å². The summed E-state index contributed by atoms with van der Waals surface area (Å²) in [5.41, 5.74) is -0.0655. The summed E-state index contributed by atoms with van der Waals surface area (Å²) in [6.07, 6.45) is 0.831. The van der Waals surface area contributed by atoms with Crippen molar-refractivity contribution in [2.75, 3.05) is 5.32 Å². The number of carbonyl (C=O) groups excluding carboxylic acids is 1. The minimum Gasteiger partial charge on any atom is -0.444 e. The van der Waals surface area contributed by atoms with Crippen molar-refractivity contribution in [1.82, 2.24) is 4.98 Å². The van der Waals surface area contributed by atoms with Crippen molar-refractivity contribution in [2.45, 2.75) is 52.6 Å². The minimum atomic E-state index is -0.720. The van der Waals surface area contributed by atoms with E-state index >= 15 is 0 Å². The number of pyridine rings is 1. The fourth-order valence-corrected chi connectivity index (χ4v) is 1.34. The Morgan fingerprint density at radius 3 is 2.26 bits per heavy atom. The van der Waals surface area contributed by atoms with Gasteiger partial charge in [0.15, 0.2) is 11.6 Å². The SMILES string of the molecule is CC(C)(C)OC(=O)Nc1ncc(C(C)(C)C)cc1F. The number of carbonyl (C=O) groups is 1. The van der Waals surface area contributed by atoms with Gasteiger partial charge in [0.05, 0.1) is 0 Å². The van der Waals surface area contributed by atoms with E-state index in [1.54, 1.807) is 27.0 Å². The van der Waals surface area contributed by atoms with Crippen LogP contribution in [0.5, 0.6) is 0 Å². The van der Waals surface area contributed by atoms with Gasteiger partial charge in [0.1, 0.15) is 5.60 Å². The molecule has 0 aliphatic rings. The van der Waals surface area contributed by atoms with Crippen LogP contribution in [0, 0.1) is 5.82 Å². The zero-order chi connectivity index (χ0) is 14.8. The molecule has 5 heteroatoms. The number of anilines is 1. The highest BCUT2D eigenvalue weighted by Crippen LogP contribution is 2.24. The van der Waals surface area contributed by atoms with Crippen LogP contribution < -0.4 is 5.32 Å². The average molecular weight is 268 g/mol. The minimum absolute atomic E-state index is 0.123. The molecule has 1 heterocycles. The molecule has 0 saturated heterocycles. The number of hydrogen-bond acceptors (Lipinski definition) is 3. The van der Waals surface area contributed by atoms with Crippen LogP contribution in [0.15, 0.2) is 12.3 Å². The van der Waals surface area contributed by atoms with Gasteiger partial charge >= 0.3 is 6.09 Å². The van der Waals surface area contributed by atoms with E-state index in [0.29, 0.717) is 0 Å². The second-order valence-electron chi connectivity index (χ2n) is 6.43. The van der Waals surface area contributed by atoms with Gasteiger partial charge in [-0.1, -0.05) is 20.8 Å². The van der Waals surface area contributed by atoms with Crippen LogP contribution in [0.4, 0.5) is 15.0 Å². The Morgan fingerprint density at radius 1 is 1.26 bits per heavy atom. The molecule has 1 amide bonds. The first kappa shape index (κ1) is 15.4. The second-order valence-corrected chi connectivity index (χ2v) is 6.43. The Kier molecular flexibility index (Phi) is 4.18. The van der Waals surface area contributed by atoms with Crippen LogP contribution >= 0.6 is 0 Å². The summed E-state index contributed by atoms with van der Waals surface area (Å²) in [6, 6.07) is 1.37. The molecular weight excluding hydrogens is 247 g/mol. The number of aromatic nitrogens is 1. The molecule has 0 bridgehead atoms. The molecule has 0 radical (unpaired) electrons. The first-order valence-corrected chi connectivity index (χ1v) is 6.15. The number of halogens is 1. The largest absolute Gasteiger partial charge is 0.444 e. The predicted octanol–water partition coefficient (Wildman–Crippen LogP) is 3.87. The lowest BCUT2D eigenvalue weighted by Gasteiger charge is -2.21. The zero-order valence-electron chi connectivity index (χ0n) is 12.3. The number of ether oxygens (including phenoxy) is 1. The molecule has 1 aromatic heterocycles. The van der Waals surface area contributed by atoms with Gasteiger partial charge in [0, 0.05) is 6.20 Å². The van der Waals surface area contributed by atoms with Gasteiger partial charge in [-0.05, 0) is 37.8 Å². The van der Waals surface area contributed by atoms with Crippen LogP contribution in [0.25, 0.3) is 0 Å². The molecule has 0 unspecified atom stereocenters. The molecule has 1 rings (SSSR count). The smallest absolute Gasteiger partial charge is 0.413 e. The van der Waals surface area contributed by atoms with Gasteiger partial charge in [-0.25, -0.2) is 14.2 Å². The lowest BCUT2D eigenvalue weighted by molar-refractivity contribution is 0.0634. The second kappa shape index (κ2) is 5.15. The van der Waals surface area contributed by atoms with Crippen molar-refractivity contribution in [1.29, 1.82) is 0 Å². The molecular formula is C14H21FN2O2. The highest BCUT2D eigenvalue weighted by Gasteiger charge is 2.20. The van der Waals surface area contributed by atoms with Gasteiger partial charge in [-0.2, -0.15) is 0 Å². The summed E-state index contributed by atoms with van der Waals surface area (Å²) in [5.74, 6) is -0.694. The lowest BCUT2D eigenvalue weighted by Crippen LogP contribution is -2.28. The van der Waals surface area contributed by atoms with E-state index in [4.69, 9.17) is 4.74 Å². The molecule has 0 atom stereocenters. The van der Waals surface area contributed by atoms with Gasteiger partial charge < -0.3 is 4.74 Å². The third kappa shape index (κ3) is 4.85. The maximum absolute atomic E-state index is 13.8. The fourth-order valence-electron chi connectivity index (χ4n) is 1.34.